The van der Waals surface area contributed by atoms with E-state index in [4.69, 9.17) is 0 Å². The van der Waals surface area contributed by atoms with Gasteiger partial charge in [-0.2, -0.15) is 4.31 Å². The quantitative estimate of drug-likeness (QED) is 0.499. The van der Waals surface area contributed by atoms with Crippen LogP contribution in [0.2, 0.25) is 0 Å². The smallest absolute Gasteiger partial charge is 0.237 e. The van der Waals surface area contributed by atoms with Gasteiger partial charge >= 0.3 is 0 Å². The lowest BCUT2D eigenvalue weighted by Crippen LogP contribution is -2.41. The van der Waals surface area contributed by atoms with Crippen molar-refractivity contribution >= 4 is 22.4 Å². The molecule has 0 amide bonds. The molecule has 3 aromatic rings. The van der Waals surface area contributed by atoms with Crippen LogP contribution in [0.5, 0.6) is 0 Å². The molecule has 0 aliphatic carbocycles. The van der Waals surface area contributed by atoms with E-state index in [9.17, 15) is 13.2 Å². The molecule has 0 aromatic heterocycles. The van der Waals surface area contributed by atoms with Crippen molar-refractivity contribution in [3.8, 4) is 0 Å². The van der Waals surface area contributed by atoms with Gasteiger partial charge in [-0.3, -0.25) is 0 Å². The fourth-order valence-corrected chi connectivity index (χ4v) is 4.36. The predicted octanol–water partition coefficient (Wildman–Crippen LogP) is 4.30. The van der Waals surface area contributed by atoms with Crippen LogP contribution in [0.4, 0.5) is 0 Å². The first-order chi connectivity index (χ1) is 14.1. The van der Waals surface area contributed by atoms with E-state index in [0.717, 1.165) is 16.7 Å². The molecule has 0 saturated heterocycles. The Morgan fingerprint density at radius 1 is 0.759 bits per heavy atom. The molecule has 0 aliphatic rings. The first-order valence-electron chi connectivity index (χ1n) is 9.36. The average Bonchev–Trinajstić information content (AvgIpc) is 2.77. The Labute approximate surface area is 172 Å². The third kappa shape index (κ3) is 5.98. The largest absolute Gasteiger partial charge is 0.302 e. The standard InChI is InChI=1S/C24H23NO3S/c26-20-24(18-22-12-6-2-7-13-22)25(19-23-14-8-3-9-15-23)29(27,28)17-16-21-10-4-1-5-11-21/h1-17,20,24H,18-19H2/b17-16+. The van der Waals surface area contributed by atoms with Gasteiger partial charge in [0.2, 0.25) is 10.0 Å². The van der Waals surface area contributed by atoms with Crippen molar-refractivity contribution in [1.82, 2.24) is 4.31 Å². The van der Waals surface area contributed by atoms with Crippen LogP contribution in [-0.4, -0.2) is 25.1 Å². The molecule has 0 saturated carbocycles. The van der Waals surface area contributed by atoms with Crippen LogP contribution in [0.1, 0.15) is 16.7 Å². The Hall–Kier alpha value is -3.02. The Morgan fingerprint density at radius 2 is 1.28 bits per heavy atom. The minimum atomic E-state index is -3.83. The lowest BCUT2D eigenvalue weighted by Gasteiger charge is -2.26. The van der Waals surface area contributed by atoms with Gasteiger partial charge in [-0.25, -0.2) is 8.42 Å². The van der Waals surface area contributed by atoms with E-state index in [-0.39, 0.29) is 6.54 Å². The number of nitrogens with zero attached hydrogens (tertiary/aromatic N) is 1. The van der Waals surface area contributed by atoms with Crippen LogP contribution in [0, 0.1) is 0 Å². The summed E-state index contributed by atoms with van der Waals surface area (Å²) < 4.78 is 27.6. The van der Waals surface area contributed by atoms with Gasteiger partial charge < -0.3 is 4.79 Å². The number of carbonyl (C=O) groups excluding carboxylic acids is 1. The maximum Gasteiger partial charge on any atom is 0.237 e. The Bertz CT molecular complexity index is 1030. The van der Waals surface area contributed by atoms with Gasteiger partial charge in [0.15, 0.2) is 0 Å². The number of hydrogen-bond acceptors (Lipinski definition) is 3. The van der Waals surface area contributed by atoms with Crippen molar-refractivity contribution in [2.75, 3.05) is 0 Å². The number of hydrogen-bond donors (Lipinski definition) is 0. The molecule has 0 spiro atoms. The highest BCUT2D eigenvalue weighted by Crippen LogP contribution is 2.18. The van der Waals surface area contributed by atoms with Gasteiger partial charge in [0.1, 0.15) is 6.29 Å². The van der Waals surface area contributed by atoms with Crippen molar-refractivity contribution in [1.29, 1.82) is 0 Å². The van der Waals surface area contributed by atoms with Crippen LogP contribution in [-0.2, 0) is 27.8 Å². The monoisotopic (exact) mass is 405 g/mol. The summed E-state index contributed by atoms with van der Waals surface area (Å²) in [5, 5.41) is 1.17. The molecule has 0 aliphatic heterocycles. The molecule has 3 rings (SSSR count). The van der Waals surface area contributed by atoms with E-state index in [2.05, 4.69) is 0 Å². The average molecular weight is 406 g/mol. The predicted molar refractivity (Wildman–Crippen MR) is 116 cm³/mol. The minimum absolute atomic E-state index is 0.124. The lowest BCUT2D eigenvalue weighted by molar-refractivity contribution is -0.111. The van der Waals surface area contributed by atoms with Crippen LogP contribution < -0.4 is 0 Å². The van der Waals surface area contributed by atoms with E-state index in [0.29, 0.717) is 12.7 Å². The lowest BCUT2D eigenvalue weighted by atomic mass is 10.1. The molecule has 0 heterocycles. The third-order valence-corrected chi connectivity index (χ3v) is 6.09. The fraction of sp³-hybridized carbons (Fsp3) is 0.125. The molecular formula is C24H23NO3S. The summed E-state index contributed by atoms with van der Waals surface area (Å²) in [6.07, 6.45) is 2.58. The second-order valence-corrected chi connectivity index (χ2v) is 8.45. The fourth-order valence-electron chi connectivity index (χ4n) is 3.04. The molecule has 5 heteroatoms. The van der Waals surface area contributed by atoms with Crippen molar-refractivity contribution < 1.29 is 13.2 Å². The first-order valence-corrected chi connectivity index (χ1v) is 10.9. The van der Waals surface area contributed by atoms with Gasteiger partial charge in [-0.1, -0.05) is 91.0 Å². The Morgan fingerprint density at radius 3 is 1.83 bits per heavy atom. The number of benzene rings is 3. The van der Waals surface area contributed by atoms with E-state index in [1.807, 2.05) is 91.0 Å². The second-order valence-electron chi connectivity index (χ2n) is 6.68. The van der Waals surface area contributed by atoms with E-state index in [1.165, 1.54) is 9.71 Å². The van der Waals surface area contributed by atoms with Crippen molar-refractivity contribution in [3.05, 3.63) is 113 Å². The van der Waals surface area contributed by atoms with Crippen molar-refractivity contribution in [3.63, 3.8) is 0 Å². The molecule has 148 valence electrons. The summed E-state index contributed by atoms with van der Waals surface area (Å²) in [7, 11) is -3.83. The highest BCUT2D eigenvalue weighted by molar-refractivity contribution is 7.92. The molecular weight excluding hydrogens is 382 g/mol. The molecule has 1 unspecified atom stereocenters. The third-order valence-electron chi connectivity index (χ3n) is 4.55. The Balaban J connectivity index is 1.92. The maximum atomic E-state index is 13.2. The molecule has 1 atom stereocenters. The molecule has 0 N–H and O–H groups in total. The normalized spacial score (nSPS) is 12.9. The summed E-state index contributed by atoms with van der Waals surface area (Å²) in [6, 6.07) is 27.1. The summed E-state index contributed by atoms with van der Waals surface area (Å²) in [5.41, 5.74) is 2.51. The maximum absolute atomic E-state index is 13.2. The zero-order valence-corrected chi connectivity index (χ0v) is 16.8. The van der Waals surface area contributed by atoms with Crippen LogP contribution in [0.3, 0.4) is 0 Å². The number of sulfonamides is 1. The van der Waals surface area contributed by atoms with E-state index >= 15 is 0 Å². The number of carbonyl (C=O) groups is 1. The minimum Gasteiger partial charge on any atom is -0.302 e. The molecule has 0 bridgehead atoms. The first kappa shape index (κ1) is 20.7. The second kappa shape index (κ2) is 9.96. The molecule has 3 aromatic carbocycles. The van der Waals surface area contributed by atoms with E-state index < -0.39 is 16.1 Å². The highest BCUT2D eigenvalue weighted by Gasteiger charge is 2.28. The summed E-state index contributed by atoms with van der Waals surface area (Å²) in [4.78, 5) is 11.9. The highest BCUT2D eigenvalue weighted by atomic mass is 32.2. The van der Waals surface area contributed by atoms with Gasteiger partial charge in [0.05, 0.1) is 6.04 Å². The molecule has 0 radical (unpaired) electrons. The van der Waals surface area contributed by atoms with Crippen LogP contribution in [0.15, 0.2) is 96.4 Å². The molecule has 0 fully saturated rings. The Kier molecular flexibility index (Phi) is 7.11. The number of rotatable bonds is 9. The van der Waals surface area contributed by atoms with Gasteiger partial charge in [0, 0.05) is 12.0 Å². The molecule has 4 nitrogen and oxygen atoms in total. The van der Waals surface area contributed by atoms with Crippen molar-refractivity contribution in [2.24, 2.45) is 0 Å². The zero-order chi connectivity index (χ0) is 20.5. The topological polar surface area (TPSA) is 54.5 Å². The van der Waals surface area contributed by atoms with Gasteiger partial charge in [0.25, 0.3) is 0 Å². The van der Waals surface area contributed by atoms with Gasteiger partial charge in [-0.05, 0) is 29.2 Å². The van der Waals surface area contributed by atoms with Gasteiger partial charge in [-0.15, -0.1) is 0 Å². The summed E-state index contributed by atoms with van der Waals surface area (Å²) >= 11 is 0. The van der Waals surface area contributed by atoms with E-state index in [1.54, 1.807) is 6.08 Å². The summed E-state index contributed by atoms with van der Waals surface area (Å²) in [6.45, 7) is 0.124. The number of aldehydes is 1. The summed E-state index contributed by atoms with van der Waals surface area (Å²) in [5.74, 6) is 0. The van der Waals surface area contributed by atoms with Crippen LogP contribution in [0.25, 0.3) is 6.08 Å². The molecule has 29 heavy (non-hydrogen) atoms. The SMILES string of the molecule is O=CC(Cc1ccccc1)N(Cc1ccccc1)S(=O)(=O)/C=C/c1ccccc1. The zero-order valence-electron chi connectivity index (χ0n) is 16.0. The van der Waals surface area contributed by atoms with Crippen LogP contribution >= 0.6 is 0 Å². The van der Waals surface area contributed by atoms with Crippen molar-refractivity contribution in [2.45, 2.75) is 19.0 Å².